The van der Waals surface area contributed by atoms with Crippen LogP contribution in [0.2, 0.25) is 0 Å². The SMILES string of the molecule is COc1cn([C@@H]2O[C@H](COP(=O)(O)O)[C@@H](O)[C@H]2O)c(=O)nc1N. The van der Waals surface area contributed by atoms with Crippen molar-refractivity contribution in [3.63, 3.8) is 0 Å². The zero-order valence-electron chi connectivity index (χ0n) is 11.8. The van der Waals surface area contributed by atoms with Gasteiger partial charge in [-0.2, -0.15) is 4.98 Å². The van der Waals surface area contributed by atoms with Crippen LogP contribution in [-0.2, 0) is 13.8 Å². The first kappa shape index (κ1) is 17.8. The van der Waals surface area contributed by atoms with Crippen molar-refractivity contribution in [2.45, 2.75) is 24.5 Å². The molecule has 23 heavy (non-hydrogen) atoms. The van der Waals surface area contributed by atoms with E-state index in [2.05, 4.69) is 9.51 Å². The van der Waals surface area contributed by atoms with Crippen LogP contribution in [0.15, 0.2) is 11.0 Å². The zero-order valence-corrected chi connectivity index (χ0v) is 12.7. The van der Waals surface area contributed by atoms with Crippen molar-refractivity contribution in [1.82, 2.24) is 9.55 Å². The van der Waals surface area contributed by atoms with Gasteiger partial charge in [0.05, 0.1) is 19.9 Å². The molecule has 1 aliphatic rings. The molecule has 1 aromatic rings. The number of phosphoric acid groups is 1. The quantitative estimate of drug-likeness (QED) is 0.354. The average Bonchev–Trinajstić information content (AvgIpc) is 2.73. The summed E-state index contributed by atoms with van der Waals surface area (Å²) in [5, 5.41) is 19.8. The van der Waals surface area contributed by atoms with E-state index >= 15 is 0 Å². The molecule has 0 amide bonds. The summed E-state index contributed by atoms with van der Waals surface area (Å²) in [5.41, 5.74) is 4.61. The highest BCUT2D eigenvalue weighted by atomic mass is 31.2. The fourth-order valence-electron chi connectivity index (χ4n) is 2.07. The fraction of sp³-hybridized carbons (Fsp3) is 0.600. The minimum atomic E-state index is -4.78. The van der Waals surface area contributed by atoms with Gasteiger partial charge in [0.2, 0.25) is 0 Å². The van der Waals surface area contributed by atoms with E-state index in [9.17, 15) is 19.6 Å². The van der Waals surface area contributed by atoms with E-state index in [0.29, 0.717) is 0 Å². The Morgan fingerprint density at radius 3 is 2.65 bits per heavy atom. The molecule has 0 spiro atoms. The second kappa shape index (κ2) is 6.53. The highest BCUT2D eigenvalue weighted by molar-refractivity contribution is 7.46. The largest absolute Gasteiger partial charge is 0.491 e. The monoisotopic (exact) mass is 353 g/mol. The number of aliphatic hydroxyl groups excluding tert-OH is 2. The Labute approximate surface area is 129 Å². The summed E-state index contributed by atoms with van der Waals surface area (Å²) < 4.78 is 25.9. The maximum atomic E-state index is 11.9. The van der Waals surface area contributed by atoms with Gasteiger partial charge in [0.15, 0.2) is 17.8 Å². The second-order valence-corrected chi connectivity index (χ2v) is 5.96. The second-order valence-electron chi connectivity index (χ2n) is 4.72. The Morgan fingerprint density at radius 1 is 1.43 bits per heavy atom. The first-order valence-corrected chi connectivity index (χ1v) is 7.81. The van der Waals surface area contributed by atoms with E-state index in [1.807, 2.05) is 0 Å². The number of nitrogens with zero attached hydrogens (tertiary/aromatic N) is 2. The van der Waals surface area contributed by atoms with Crippen LogP contribution in [0.3, 0.4) is 0 Å². The van der Waals surface area contributed by atoms with E-state index in [-0.39, 0.29) is 11.6 Å². The maximum Gasteiger partial charge on any atom is 0.469 e. The zero-order chi connectivity index (χ0) is 17.4. The summed E-state index contributed by atoms with van der Waals surface area (Å²) in [6.45, 7) is -0.687. The van der Waals surface area contributed by atoms with Crippen molar-refractivity contribution in [3.05, 3.63) is 16.7 Å². The van der Waals surface area contributed by atoms with Gasteiger partial charge >= 0.3 is 13.5 Å². The number of anilines is 1. The van der Waals surface area contributed by atoms with Crippen molar-refractivity contribution in [2.24, 2.45) is 0 Å². The molecule has 6 N–H and O–H groups in total. The number of methoxy groups -OCH3 is 1. The van der Waals surface area contributed by atoms with Crippen LogP contribution < -0.4 is 16.2 Å². The molecule has 0 radical (unpaired) electrons. The van der Waals surface area contributed by atoms with Gasteiger partial charge in [-0.1, -0.05) is 0 Å². The molecule has 1 fully saturated rings. The molecule has 0 bridgehead atoms. The lowest BCUT2D eigenvalue weighted by Crippen LogP contribution is -2.36. The number of nitrogens with two attached hydrogens (primary N) is 1. The van der Waals surface area contributed by atoms with Crippen molar-refractivity contribution in [2.75, 3.05) is 19.5 Å². The molecular weight excluding hydrogens is 337 g/mol. The van der Waals surface area contributed by atoms with Gasteiger partial charge in [-0.05, 0) is 0 Å². The number of rotatable bonds is 5. The molecule has 0 saturated carbocycles. The summed E-state index contributed by atoms with van der Waals surface area (Å²) in [5.74, 6) is -0.118. The number of ether oxygens (including phenoxy) is 2. The van der Waals surface area contributed by atoms with E-state index in [0.717, 1.165) is 10.8 Å². The lowest BCUT2D eigenvalue weighted by atomic mass is 10.1. The van der Waals surface area contributed by atoms with Crippen LogP contribution in [0, 0.1) is 0 Å². The van der Waals surface area contributed by atoms with Gasteiger partial charge in [-0.3, -0.25) is 9.09 Å². The Hall–Kier alpha value is -1.53. The molecule has 13 heteroatoms. The molecule has 12 nitrogen and oxygen atoms in total. The summed E-state index contributed by atoms with van der Waals surface area (Å²) in [6, 6.07) is 0. The summed E-state index contributed by atoms with van der Waals surface area (Å²) in [7, 11) is -3.48. The van der Waals surface area contributed by atoms with Gasteiger partial charge in [0.1, 0.15) is 18.3 Å². The predicted molar refractivity (Wildman–Crippen MR) is 73.4 cm³/mol. The van der Waals surface area contributed by atoms with Crippen LogP contribution in [0.25, 0.3) is 0 Å². The molecule has 2 rings (SSSR count). The normalized spacial score (nSPS) is 28.0. The average molecular weight is 353 g/mol. The number of phosphoric ester groups is 1. The number of aliphatic hydroxyl groups is 2. The molecule has 1 aromatic heterocycles. The third-order valence-corrected chi connectivity index (χ3v) is 3.67. The van der Waals surface area contributed by atoms with Crippen LogP contribution in [0.5, 0.6) is 5.75 Å². The number of nitrogen functional groups attached to an aromatic ring is 1. The smallest absolute Gasteiger partial charge is 0.469 e. The van der Waals surface area contributed by atoms with Crippen molar-refractivity contribution >= 4 is 13.6 Å². The van der Waals surface area contributed by atoms with Crippen molar-refractivity contribution in [1.29, 1.82) is 0 Å². The van der Waals surface area contributed by atoms with E-state index < -0.39 is 44.7 Å². The molecule has 0 aromatic carbocycles. The van der Waals surface area contributed by atoms with E-state index in [1.165, 1.54) is 7.11 Å². The predicted octanol–water partition coefficient (Wildman–Crippen LogP) is -2.44. The Balaban J connectivity index is 2.24. The maximum absolute atomic E-state index is 11.9. The van der Waals surface area contributed by atoms with Gasteiger partial charge in [0.25, 0.3) is 0 Å². The lowest BCUT2D eigenvalue weighted by Gasteiger charge is -2.18. The highest BCUT2D eigenvalue weighted by Gasteiger charge is 2.45. The third kappa shape index (κ3) is 3.87. The number of aromatic nitrogens is 2. The van der Waals surface area contributed by atoms with Gasteiger partial charge < -0.3 is 35.2 Å². The van der Waals surface area contributed by atoms with Crippen molar-refractivity contribution in [3.8, 4) is 5.75 Å². The van der Waals surface area contributed by atoms with Crippen molar-refractivity contribution < 1.29 is 38.6 Å². The molecule has 130 valence electrons. The first-order chi connectivity index (χ1) is 10.6. The van der Waals surface area contributed by atoms with Crippen LogP contribution >= 0.6 is 7.82 Å². The Morgan fingerprint density at radius 2 is 2.09 bits per heavy atom. The molecule has 4 atom stereocenters. The minimum Gasteiger partial charge on any atom is -0.491 e. The molecule has 1 aliphatic heterocycles. The van der Waals surface area contributed by atoms with E-state index in [4.69, 9.17) is 25.0 Å². The van der Waals surface area contributed by atoms with Crippen LogP contribution in [0.4, 0.5) is 5.82 Å². The minimum absolute atomic E-state index is 0.0461. The Bertz CT molecular complexity index is 674. The summed E-state index contributed by atoms with van der Waals surface area (Å²) in [6.07, 6.45) is -4.59. The highest BCUT2D eigenvalue weighted by Crippen LogP contribution is 2.38. The Kier molecular flexibility index (Phi) is 5.06. The summed E-state index contributed by atoms with van der Waals surface area (Å²) in [4.78, 5) is 32.6. The number of hydrogen-bond donors (Lipinski definition) is 5. The first-order valence-electron chi connectivity index (χ1n) is 6.28. The standard InChI is InChI=1S/C10H16N3O9P/c1-20-4-2-13(10(16)12-8(4)11)9-7(15)6(14)5(22-9)3-21-23(17,18)19/h2,5-7,9,14-15H,3H2,1H3,(H2,11,12,16)(H2,17,18,19)/t5-,6-,7-,9-/m1/s1. The van der Waals surface area contributed by atoms with Gasteiger partial charge in [0, 0.05) is 0 Å². The molecular formula is C10H16N3O9P. The van der Waals surface area contributed by atoms with E-state index in [1.54, 1.807) is 0 Å². The number of hydrogen-bond acceptors (Lipinski definition) is 9. The molecule has 2 heterocycles. The lowest BCUT2D eigenvalue weighted by molar-refractivity contribution is -0.0544. The summed E-state index contributed by atoms with van der Waals surface area (Å²) >= 11 is 0. The third-order valence-electron chi connectivity index (χ3n) is 3.18. The fourth-order valence-corrected chi connectivity index (χ4v) is 2.41. The molecule has 1 saturated heterocycles. The topological polar surface area (TPSA) is 187 Å². The van der Waals surface area contributed by atoms with Gasteiger partial charge in [-0.25, -0.2) is 9.36 Å². The van der Waals surface area contributed by atoms with Crippen LogP contribution in [-0.4, -0.2) is 61.6 Å². The molecule has 0 aliphatic carbocycles. The van der Waals surface area contributed by atoms with Gasteiger partial charge in [-0.15, -0.1) is 0 Å². The van der Waals surface area contributed by atoms with Crippen LogP contribution in [0.1, 0.15) is 6.23 Å². The molecule has 0 unspecified atom stereocenters.